The van der Waals surface area contributed by atoms with Gasteiger partial charge in [0, 0.05) is 28.2 Å². The Bertz CT molecular complexity index is 1000. The van der Waals surface area contributed by atoms with Crippen molar-refractivity contribution in [3.8, 4) is 0 Å². The monoisotopic (exact) mass is 412 g/mol. The Balaban J connectivity index is 1.68. The number of aryl methyl sites for hydroxylation is 1. The van der Waals surface area contributed by atoms with Gasteiger partial charge in [-0.05, 0) is 48.4 Å². The summed E-state index contributed by atoms with van der Waals surface area (Å²) < 4.78 is 2.43. The van der Waals surface area contributed by atoms with Crippen LogP contribution in [0.4, 0.5) is 16.2 Å². The molecule has 2 amide bonds. The van der Waals surface area contributed by atoms with E-state index in [4.69, 9.17) is 0 Å². The lowest BCUT2D eigenvalue weighted by molar-refractivity contribution is 0.262. The number of amides is 2. The van der Waals surface area contributed by atoms with Crippen LogP contribution >= 0.6 is 15.9 Å². The minimum Gasteiger partial charge on any atom is -0.308 e. The third-order valence-corrected chi connectivity index (χ3v) is 4.60. The van der Waals surface area contributed by atoms with Gasteiger partial charge in [0.05, 0.1) is 6.54 Å². The summed E-state index contributed by atoms with van der Waals surface area (Å²) in [5.74, 6) is 0. The number of aromatic nitrogens is 2. The van der Waals surface area contributed by atoms with Crippen LogP contribution in [-0.4, -0.2) is 15.6 Å². The van der Waals surface area contributed by atoms with Gasteiger partial charge in [-0.2, -0.15) is 0 Å². The van der Waals surface area contributed by atoms with Crippen LogP contribution in [0.1, 0.15) is 11.1 Å². The molecular formula is C19H17BrN4O2. The Labute approximate surface area is 159 Å². The van der Waals surface area contributed by atoms with Crippen molar-refractivity contribution < 1.29 is 4.79 Å². The standard InChI is InChI=1S/C19H17BrN4O2/c1-13-6-7-16(11-17(13)20)23-18(25)22-15-5-2-4-14(10-15)12-24-9-3-8-21-19(24)26/h2-11H,12H2,1H3,(H2,22,23,25). The van der Waals surface area contributed by atoms with Gasteiger partial charge in [0.2, 0.25) is 0 Å². The number of carbonyl (C=O) groups is 1. The molecule has 132 valence electrons. The molecule has 0 fully saturated rings. The lowest BCUT2D eigenvalue weighted by atomic mass is 10.2. The molecule has 2 N–H and O–H groups in total. The first-order valence-electron chi connectivity index (χ1n) is 7.96. The molecule has 1 heterocycles. The number of hydrogen-bond donors (Lipinski definition) is 2. The Morgan fingerprint density at radius 3 is 2.62 bits per heavy atom. The highest BCUT2D eigenvalue weighted by Gasteiger charge is 2.05. The average Bonchev–Trinajstić information content (AvgIpc) is 2.60. The normalized spacial score (nSPS) is 10.4. The first kappa shape index (κ1) is 17.9. The van der Waals surface area contributed by atoms with Crippen molar-refractivity contribution in [3.63, 3.8) is 0 Å². The largest absolute Gasteiger partial charge is 0.347 e. The van der Waals surface area contributed by atoms with Crippen molar-refractivity contribution in [2.45, 2.75) is 13.5 Å². The van der Waals surface area contributed by atoms with Crippen molar-refractivity contribution in [3.05, 3.63) is 87.0 Å². The maximum atomic E-state index is 12.2. The molecule has 0 radical (unpaired) electrons. The van der Waals surface area contributed by atoms with E-state index >= 15 is 0 Å². The number of anilines is 2. The molecule has 6 nitrogen and oxygen atoms in total. The van der Waals surface area contributed by atoms with Gasteiger partial charge < -0.3 is 10.6 Å². The van der Waals surface area contributed by atoms with E-state index in [1.807, 2.05) is 43.3 Å². The van der Waals surface area contributed by atoms with Gasteiger partial charge in [0.25, 0.3) is 0 Å². The van der Waals surface area contributed by atoms with Crippen LogP contribution in [0.3, 0.4) is 0 Å². The van der Waals surface area contributed by atoms with E-state index in [2.05, 4.69) is 31.5 Å². The number of nitrogens with one attached hydrogen (secondary N) is 2. The average molecular weight is 413 g/mol. The van der Waals surface area contributed by atoms with Gasteiger partial charge in [-0.1, -0.05) is 34.1 Å². The van der Waals surface area contributed by atoms with Crippen LogP contribution in [0, 0.1) is 6.92 Å². The molecule has 3 rings (SSSR count). The van der Waals surface area contributed by atoms with E-state index in [-0.39, 0.29) is 11.7 Å². The minimum atomic E-state index is -0.337. The summed E-state index contributed by atoms with van der Waals surface area (Å²) in [4.78, 5) is 27.6. The van der Waals surface area contributed by atoms with Gasteiger partial charge in [-0.3, -0.25) is 4.57 Å². The molecule has 0 aliphatic rings. The van der Waals surface area contributed by atoms with Crippen LogP contribution in [-0.2, 0) is 6.54 Å². The molecule has 0 atom stereocenters. The fraction of sp³-hybridized carbons (Fsp3) is 0.105. The molecule has 0 saturated heterocycles. The van der Waals surface area contributed by atoms with Crippen molar-refractivity contribution in [1.29, 1.82) is 0 Å². The summed E-state index contributed by atoms with van der Waals surface area (Å²) in [6.07, 6.45) is 3.14. The SMILES string of the molecule is Cc1ccc(NC(=O)Nc2cccc(Cn3cccnc3=O)c2)cc1Br. The summed E-state index contributed by atoms with van der Waals surface area (Å²) >= 11 is 3.45. The van der Waals surface area contributed by atoms with E-state index in [1.165, 1.54) is 10.8 Å². The lowest BCUT2D eigenvalue weighted by Gasteiger charge is -2.10. The number of halogens is 1. The van der Waals surface area contributed by atoms with E-state index < -0.39 is 0 Å². The molecule has 0 spiro atoms. The van der Waals surface area contributed by atoms with Crippen molar-refractivity contribution in [2.75, 3.05) is 10.6 Å². The highest BCUT2D eigenvalue weighted by atomic mass is 79.9. The zero-order valence-electron chi connectivity index (χ0n) is 14.1. The fourth-order valence-corrected chi connectivity index (χ4v) is 2.79. The minimum absolute atomic E-state index is 0.312. The molecular weight excluding hydrogens is 396 g/mol. The third-order valence-electron chi connectivity index (χ3n) is 3.75. The summed E-state index contributed by atoms with van der Waals surface area (Å²) in [6.45, 7) is 2.36. The molecule has 0 aliphatic heterocycles. The quantitative estimate of drug-likeness (QED) is 0.679. The lowest BCUT2D eigenvalue weighted by Crippen LogP contribution is -2.22. The second-order valence-corrected chi connectivity index (χ2v) is 6.63. The molecule has 0 aliphatic carbocycles. The molecule has 26 heavy (non-hydrogen) atoms. The molecule has 7 heteroatoms. The molecule has 2 aromatic carbocycles. The molecule has 3 aromatic rings. The highest BCUT2D eigenvalue weighted by Crippen LogP contribution is 2.21. The van der Waals surface area contributed by atoms with E-state index in [1.54, 1.807) is 18.3 Å². The number of nitrogens with zero attached hydrogens (tertiary/aromatic N) is 2. The number of hydrogen-bond acceptors (Lipinski definition) is 3. The predicted molar refractivity (Wildman–Crippen MR) is 106 cm³/mol. The first-order chi connectivity index (χ1) is 12.5. The van der Waals surface area contributed by atoms with Gasteiger partial charge in [0.15, 0.2) is 0 Å². The van der Waals surface area contributed by atoms with E-state index in [9.17, 15) is 9.59 Å². The van der Waals surface area contributed by atoms with Gasteiger partial charge in [-0.25, -0.2) is 14.6 Å². The third kappa shape index (κ3) is 4.58. The smallest absolute Gasteiger partial charge is 0.308 e. The molecule has 1 aromatic heterocycles. The summed E-state index contributed by atoms with van der Waals surface area (Å²) in [5, 5.41) is 5.59. The Hall–Kier alpha value is -2.93. The zero-order chi connectivity index (χ0) is 18.5. The Morgan fingerprint density at radius 2 is 1.88 bits per heavy atom. The number of carbonyl (C=O) groups excluding carboxylic acids is 1. The van der Waals surface area contributed by atoms with E-state index in [0.29, 0.717) is 17.9 Å². The van der Waals surface area contributed by atoms with Crippen LogP contribution in [0.2, 0.25) is 0 Å². The maximum Gasteiger partial charge on any atom is 0.347 e. The molecule has 0 bridgehead atoms. The summed E-state index contributed by atoms with van der Waals surface area (Å²) in [6, 6.07) is 14.3. The van der Waals surface area contributed by atoms with Crippen LogP contribution < -0.4 is 16.3 Å². The summed E-state index contributed by atoms with van der Waals surface area (Å²) in [5.41, 5.74) is 3.00. The topological polar surface area (TPSA) is 76.0 Å². The Morgan fingerprint density at radius 1 is 1.12 bits per heavy atom. The Kier molecular flexibility index (Phi) is 5.48. The second-order valence-electron chi connectivity index (χ2n) is 5.77. The van der Waals surface area contributed by atoms with Crippen molar-refractivity contribution in [2.24, 2.45) is 0 Å². The number of benzene rings is 2. The van der Waals surface area contributed by atoms with Crippen LogP contribution in [0.25, 0.3) is 0 Å². The second kappa shape index (κ2) is 7.97. The number of rotatable bonds is 4. The fourth-order valence-electron chi connectivity index (χ4n) is 2.42. The molecule has 0 saturated carbocycles. The van der Waals surface area contributed by atoms with Gasteiger partial charge in [-0.15, -0.1) is 0 Å². The maximum absolute atomic E-state index is 12.2. The van der Waals surface area contributed by atoms with Crippen LogP contribution in [0.5, 0.6) is 0 Å². The van der Waals surface area contributed by atoms with Gasteiger partial charge >= 0.3 is 11.7 Å². The van der Waals surface area contributed by atoms with Crippen LogP contribution in [0.15, 0.2) is 70.2 Å². The zero-order valence-corrected chi connectivity index (χ0v) is 15.7. The summed E-state index contributed by atoms with van der Waals surface area (Å²) in [7, 11) is 0. The first-order valence-corrected chi connectivity index (χ1v) is 8.75. The van der Waals surface area contributed by atoms with Gasteiger partial charge in [0.1, 0.15) is 0 Å². The predicted octanol–water partition coefficient (Wildman–Crippen LogP) is 4.01. The number of urea groups is 1. The van der Waals surface area contributed by atoms with Crippen molar-refractivity contribution in [1.82, 2.24) is 9.55 Å². The molecule has 0 unspecified atom stereocenters. The van der Waals surface area contributed by atoms with E-state index in [0.717, 1.165) is 15.6 Å². The highest BCUT2D eigenvalue weighted by molar-refractivity contribution is 9.10. The van der Waals surface area contributed by atoms with Crippen molar-refractivity contribution >= 4 is 33.3 Å².